The number of aromatic nitrogens is 2. The van der Waals surface area contributed by atoms with Gasteiger partial charge in [-0.2, -0.15) is 10.2 Å². The molecule has 0 spiro atoms. The van der Waals surface area contributed by atoms with Crippen molar-refractivity contribution in [2.24, 2.45) is 5.92 Å². The van der Waals surface area contributed by atoms with E-state index in [1.807, 2.05) is 30.5 Å². The van der Waals surface area contributed by atoms with Crippen LogP contribution in [0.25, 0.3) is 11.3 Å². The Morgan fingerprint density at radius 3 is 2.25 bits per heavy atom. The summed E-state index contributed by atoms with van der Waals surface area (Å²) < 4.78 is 0. The molecule has 3 aliphatic rings. The zero-order chi connectivity index (χ0) is 32.8. The van der Waals surface area contributed by atoms with Crippen LogP contribution in [0.2, 0.25) is 0 Å². The lowest BCUT2D eigenvalue weighted by atomic mass is 9.72. The van der Waals surface area contributed by atoms with Crippen molar-refractivity contribution in [1.82, 2.24) is 20.4 Å². The number of benzene rings is 3. The van der Waals surface area contributed by atoms with Crippen molar-refractivity contribution >= 4 is 17.3 Å². The number of carbonyl (C=O) groups is 1. The maximum atomic E-state index is 13.8. The van der Waals surface area contributed by atoms with Gasteiger partial charge in [0.25, 0.3) is 0 Å². The van der Waals surface area contributed by atoms with Gasteiger partial charge >= 0.3 is 0 Å². The lowest BCUT2D eigenvalue weighted by molar-refractivity contribution is -0.125. The van der Waals surface area contributed by atoms with E-state index in [1.165, 1.54) is 30.5 Å². The Balaban J connectivity index is 0.954. The first-order chi connectivity index (χ1) is 23.6. The molecular weight excluding hydrogens is 596 g/mol. The van der Waals surface area contributed by atoms with Gasteiger partial charge in [0.1, 0.15) is 5.75 Å². The largest absolute Gasteiger partial charge is 0.507 e. The van der Waals surface area contributed by atoms with Gasteiger partial charge in [0.15, 0.2) is 0 Å². The molecule has 8 heteroatoms. The van der Waals surface area contributed by atoms with E-state index in [9.17, 15) is 9.90 Å². The highest BCUT2D eigenvalue weighted by Crippen LogP contribution is 2.38. The van der Waals surface area contributed by atoms with Gasteiger partial charge in [-0.25, -0.2) is 0 Å². The summed E-state index contributed by atoms with van der Waals surface area (Å²) in [7, 11) is 0. The molecule has 0 bridgehead atoms. The minimum absolute atomic E-state index is 0.0296. The molecule has 1 aromatic heterocycles. The standard InChI is InChI=1S/C40H48N6O2/c47-38-16-8-7-14-35(38)36-28-34(29-42-43-36)45-26-20-40(21-27-45,32-10-3-1-4-11-32)30-41-39(48)37-15-9-22-46(37)25-19-31-17-23-44(24-18-31)33-12-5-2-6-13-33/h1-8,10-14,16,28-29,31,37,47H,9,15,17-27,30H2,(H,41,48)/t37-/m1/s1. The number of aromatic hydroxyl groups is 1. The van der Waals surface area contributed by atoms with Gasteiger partial charge in [0, 0.05) is 49.4 Å². The fraction of sp³-hybridized carbons (Fsp3) is 0.425. The van der Waals surface area contributed by atoms with Gasteiger partial charge in [0.2, 0.25) is 5.91 Å². The van der Waals surface area contributed by atoms with Crippen LogP contribution < -0.4 is 15.1 Å². The summed E-state index contributed by atoms with van der Waals surface area (Å²) >= 11 is 0. The molecule has 48 heavy (non-hydrogen) atoms. The van der Waals surface area contributed by atoms with Crippen LogP contribution in [-0.2, 0) is 10.2 Å². The van der Waals surface area contributed by atoms with Crippen LogP contribution in [0.1, 0.15) is 50.5 Å². The Bertz CT molecular complexity index is 1630. The normalized spacial score (nSPS) is 20.1. The quantitative estimate of drug-likeness (QED) is 0.210. The molecular formula is C40H48N6O2. The summed E-state index contributed by atoms with van der Waals surface area (Å²) in [4.78, 5) is 21.1. The Morgan fingerprint density at radius 2 is 1.50 bits per heavy atom. The minimum atomic E-state index is -0.134. The Hall–Kier alpha value is -4.43. The van der Waals surface area contributed by atoms with Crippen LogP contribution in [-0.4, -0.2) is 78.0 Å². The fourth-order valence-electron chi connectivity index (χ4n) is 8.14. The van der Waals surface area contributed by atoms with Crippen molar-refractivity contribution in [2.75, 3.05) is 55.6 Å². The maximum absolute atomic E-state index is 13.8. The van der Waals surface area contributed by atoms with Crippen LogP contribution in [0.15, 0.2) is 97.2 Å². The van der Waals surface area contributed by atoms with Crippen molar-refractivity contribution in [3.05, 3.63) is 103 Å². The molecule has 3 fully saturated rings. The first-order valence-corrected chi connectivity index (χ1v) is 17.8. The van der Waals surface area contributed by atoms with Gasteiger partial charge < -0.3 is 20.2 Å². The van der Waals surface area contributed by atoms with E-state index < -0.39 is 0 Å². The van der Waals surface area contributed by atoms with Crippen molar-refractivity contribution < 1.29 is 9.90 Å². The Kier molecular flexibility index (Phi) is 9.89. The molecule has 0 aliphatic carbocycles. The number of amides is 1. The number of hydrogen-bond acceptors (Lipinski definition) is 7. The average Bonchev–Trinajstić information content (AvgIpc) is 3.63. The van der Waals surface area contributed by atoms with Crippen molar-refractivity contribution in [1.29, 1.82) is 0 Å². The van der Waals surface area contributed by atoms with E-state index in [0.717, 1.165) is 76.6 Å². The molecule has 250 valence electrons. The molecule has 7 rings (SSSR count). The number of rotatable bonds is 10. The van der Waals surface area contributed by atoms with Gasteiger partial charge in [0.05, 0.1) is 23.6 Å². The number of anilines is 2. The molecule has 3 aromatic carbocycles. The van der Waals surface area contributed by atoms with E-state index in [2.05, 4.69) is 90.9 Å². The van der Waals surface area contributed by atoms with Crippen molar-refractivity contribution in [3.8, 4) is 17.0 Å². The van der Waals surface area contributed by atoms with Gasteiger partial charge in [-0.15, -0.1) is 0 Å². The number of para-hydroxylation sites is 2. The van der Waals surface area contributed by atoms with Crippen LogP contribution in [0, 0.1) is 5.92 Å². The highest BCUT2D eigenvalue weighted by atomic mass is 16.3. The lowest BCUT2D eigenvalue weighted by Crippen LogP contribution is -2.52. The molecule has 0 saturated carbocycles. The number of nitrogens with one attached hydrogen (secondary N) is 1. The molecule has 3 aliphatic heterocycles. The number of hydrogen-bond donors (Lipinski definition) is 2. The van der Waals surface area contributed by atoms with Crippen LogP contribution in [0.3, 0.4) is 0 Å². The second kappa shape index (κ2) is 14.8. The Labute approximate surface area is 284 Å². The summed E-state index contributed by atoms with van der Waals surface area (Å²) in [5.74, 6) is 1.12. The van der Waals surface area contributed by atoms with Gasteiger partial charge in [-0.05, 0) is 99.8 Å². The highest BCUT2D eigenvalue weighted by Gasteiger charge is 2.38. The predicted octanol–water partition coefficient (Wildman–Crippen LogP) is 6.27. The summed E-state index contributed by atoms with van der Waals surface area (Å²) in [5.41, 5.74) is 4.83. The third-order valence-corrected chi connectivity index (χ3v) is 11.1. The van der Waals surface area contributed by atoms with Crippen LogP contribution in [0.4, 0.5) is 11.4 Å². The Morgan fingerprint density at radius 1 is 0.812 bits per heavy atom. The molecule has 0 radical (unpaired) electrons. The van der Waals surface area contributed by atoms with Gasteiger partial charge in [-0.1, -0.05) is 60.7 Å². The molecule has 8 nitrogen and oxygen atoms in total. The highest BCUT2D eigenvalue weighted by molar-refractivity contribution is 5.82. The van der Waals surface area contributed by atoms with E-state index >= 15 is 0 Å². The maximum Gasteiger partial charge on any atom is 0.237 e. The van der Waals surface area contributed by atoms with E-state index in [-0.39, 0.29) is 23.1 Å². The number of nitrogens with zero attached hydrogens (tertiary/aromatic N) is 5. The zero-order valence-electron chi connectivity index (χ0n) is 27.9. The molecule has 0 unspecified atom stereocenters. The third kappa shape index (κ3) is 7.19. The van der Waals surface area contributed by atoms with E-state index in [1.54, 1.807) is 6.07 Å². The second-order valence-corrected chi connectivity index (χ2v) is 13.9. The number of piperidine rings is 2. The summed E-state index contributed by atoms with van der Waals surface area (Å²) in [6.45, 7) is 6.59. The number of likely N-dealkylation sites (tertiary alicyclic amines) is 1. The first-order valence-electron chi connectivity index (χ1n) is 17.8. The molecule has 3 saturated heterocycles. The van der Waals surface area contributed by atoms with Crippen LogP contribution >= 0.6 is 0 Å². The molecule has 1 atom stereocenters. The molecule has 4 heterocycles. The minimum Gasteiger partial charge on any atom is -0.507 e. The average molecular weight is 645 g/mol. The van der Waals surface area contributed by atoms with Gasteiger partial charge in [-0.3, -0.25) is 9.69 Å². The van der Waals surface area contributed by atoms with E-state index in [4.69, 9.17) is 0 Å². The summed E-state index contributed by atoms with van der Waals surface area (Å²) in [5, 5.41) is 22.4. The van der Waals surface area contributed by atoms with Crippen molar-refractivity contribution in [3.63, 3.8) is 0 Å². The lowest BCUT2D eigenvalue weighted by Gasteiger charge is -2.43. The second-order valence-electron chi connectivity index (χ2n) is 13.9. The SMILES string of the molecule is O=C(NCC1(c2ccccc2)CCN(c2cnnc(-c3ccccc3O)c2)CC1)[C@H]1CCCN1CCC1CCN(c2ccccc2)CC1. The number of phenols is 1. The van der Waals surface area contributed by atoms with Crippen molar-refractivity contribution in [2.45, 2.75) is 56.4 Å². The van der Waals surface area contributed by atoms with Crippen LogP contribution in [0.5, 0.6) is 5.75 Å². The molecule has 1 amide bonds. The summed E-state index contributed by atoms with van der Waals surface area (Å²) in [6, 6.07) is 30.7. The topological polar surface area (TPSA) is 84.8 Å². The first kappa shape index (κ1) is 32.1. The number of phenolic OH excluding ortho intramolecular Hbond substituents is 1. The molecule has 2 N–H and O–H groups in total. The molecule has 4 aromatic rings. The van der Waals surface area contributed by atoms with E-state index in [0.29, 0.717) is 17.8 Å². The predicted molar refractivity (Wildman–Crippen MR) is 192 cm³/mol. The monoisotopic (exact) mass is 644 g/mol. The zero-order valence-corrected chi connectivity index (χ0v) is 27.9. The fourth-order valence-corrected chi connectivity index (χ4v) is 8.14. The summed E-state index contributed by atoms with van der Waals surface area (Å²) in [6.07, 6.45) is 9.30. The smallest absolute Gasteiger partial charge is 0.237 e. The number of carbonyl (C=O) groups excluding carboxylic acids is 1. The third-order valence-electron chi connectivity index (χ3n) is 11.1.